The standard InChI is InChI=1S/C25H23N3O3/c1-3-31-21-8-4-7-20(14-21)27-23-22(19-11-9-17(2)10-12-19)24(29)28(25(23)30)16-18-6-5-13-26-15-18/h4-15,27H,3,16H2,1-2H3. The van der Waals surface area contributed by atoms with Crippen molar-refractivity contribution in [2.24, 2.45) is 0 Å². The lowest BCUT2D eigenvalue weighted by Gasteiger charge is -2.15. The first kappa shape index (κ1) is 20.3. The van der Waals surface area contributed by atoms with Gasteiger partial charge in [-0.3, -0.25) is 19.5 Å². The molecule has 0 saturated heterocycles. The molecule has 6 nitrogen and oxygen atoms in total. The quantitative estimate of drug-likeness (QED) is 0.589. The summed E-state index contributed by atoms with van der Waals surface area (Å²) in [5.41, 5.74) is 3.84. The number of benzene rings is 2. The zero-order valence-corrected chi connectivity index (χ0v) is 17.5. The zero-order valence-electron chi connectivity index (χ0n) is 17.5. The van der Waals surface area contributed by atoms with Crippen molar-refractivity contribution in [2.75, 3.05) is 11.9 Å². The summed E-state index contributed by atoms with van der Waals surface area (Å²) in [6.45, 7) is 4.59. The first-order chi connectivity index (χ1) is 15.1. The van der Waals surface area contributed by atoms with E-state index in [0.29, 0.717) is 29.2 Å². The van der Waals surface area contributed by atoms with Crippen LogP contribution in [0.15, 0.2) is 78.8 Å². The monoisotopic (exact) mass is 413 g/mol. The first-order valence-corrected chi connectivity index (χ1v) is 10.1. The molecule has 1 aliphatic heterocycles. The smallest absolute Gasteiger partial charge is 0.278 e. The van der Waals surface area contributed by atoms with Gasteiger partial charge in [-0.25, -0.2) is 0 Å². The topological polar surface area (TPSA) is 71.5 Å². The maximum atomic E-state index is 13.3. The largest absolute Gasteiger partial charge is 0.494 e. The van der Waals surface area contributed by atoms with Gasteiger partial charge in [0.1, 0.15) is 11.4 Å². The van der Waals surface area contributed by atoms with E-state index in [9.17, 15) is 9.59 Å². The molecule has 1 aromatic heterocycles. The Morgan fingerprint density at radius 2 is 1.81 bits per heavy atom. The van der Waals surface area contributed by atoms with Crippen LogP contribution in [0, 0.1) is 6.92 Å². The Labute approximate surface area is 181 Å². The molecule has 4 rings (SSSR count). The van der Waals surface area contributed by atoms with E-state index >= 15 is 0 Å². The summed E-state index contributed by atoms with van der Waals surface area (Å²) in [7, 11) is 0. The third-order valence-electron chi connectivity index (χ3n) is 4.99. The average Bonchev–Trinajstić information content (AvgIpc) is 3.00. The number of carbonyl (C=O) groups is 2. The van der Waals surface area contributed by atoms with Crippen LogP contribution in [-0.4, -0.2) is 28.3 Å². The minimum absolute atomic E-state index is 0.158. The molecule has 0 spiro atoms. The van der Waals surface area contributed by atoms with Gasteiger partial charge < -0.3 is 10.1 Å². The molecule has 0 atom stereocenters. The molecular formula is C25H23N3O3. The Kier molecular flexibility index (Phi) is 5.80. The summed E-state index contributed by atoms with van der Waals surface area (Å²) in [4.78, 5) is 32.0. The van der Waals surface area contributed by atoms with Gasteiger partial charge in [0.25, 0.3) is 11.8 Å². The van der Waals surface area contributed by atoms with E-state index in [-0.39, 0.29) is 24.1 Å². The molecule has 1 N–H and O–H groups in total. The molecule has 0 unspecified atom stereocenters. The van der Waals surface area contributed by atoms with Crippen LogP contribution in [0.3, 0.4) is 0 Å². The van der Waals surface area contributed by atoms with Gasteiger partial charge in [-0.1, -0.05) is 42.0 Å². The van der Waals surface area contributed by atoms with Crippen molar-refractivity contribution in [1.82, 2.24) is 9.88 Å². The summed E-state index contributed by atoms with van der Waals surface area (Å²) < 4.78 is 5.56. The molecule has 0 fully saturated rings. The number of nitrogens with one attached hydrogen (secondary N) is 1. The molecule has 6 heteroatoms. The lowest BCUT2D eigenvalue weighted by atomic mass is 10.0. The second-order valence-corrected chi connectivity index (χ2v) is 7.26. The second-order valence-electron chi connectivity index (χ2n) is 7.26. The van der Waals surface area contributed by atoms with Crippen LogP contribution in [0.5, 0.6) is 5.75 Å². The predicted molar refractivity (Wildman–Crippen MR) is 119 cm³/mol. The van der Waals surface area contributed by atoms with Crippen molar-refractivity contribution >= 4 is 23.1 Å². The van der Waals surface area contributed by atoms with Crippen molar-refractivity contribution in [2.45, 2.75) is 20.4 Å². The van der Waals surface area contributed by atoms with Gasteiger partial charge in [0.15, 0.2) is 0 Å². The number of aryl methyl sites for hydroxylation is 1. The predicted octanol–water partition coefficient (Wildman–Crippen LogP) is 4.18. The molecular weight excluding hydrogens is 390 g/mol. The van der Waals surface area contributed by atoms with E-state index in [1.807, 2.05) is 68.4 Å². The highest BCUT2D eigenvalue weighted by Gasteiger charge is 2.39. The highest BCUT2D eigenvalue weighted by atomic mass is 16.5. The number of aromatic nitrogens is 1. The van der Waals surface area contributed by atoms with Crippen molar-refractivity contribution in [3.63, 3.8) is 0 Å². The van der Waals surface area contributed by atoms with Gasteiger partial charge in [-0.05, 0) is 43.2 Å². The maximum Gasteiger partial charge on any atom is 0.278 e. The van der Waals surface area contributed by atoms with Crippen molar-refractivity contribution < 1.29 is 14.3 Å². The van der Waals surface area contributed by atoms with Gasteiger partial charge >= 0.3 is 0 Å². The Morgan fingerprint density at radius 1 is 1.00 bits per heavy atom. The molecule has 0 radical (unpaired) electrons. The van der Waals surface area contributed by atoms with E-state index in [1.165, 1.54) is 4.90 Å². The Morgan fingerprint density at radius 3 is 2.52 bits per heavy atom. The number of pyridine rings is 1. The lowest BCUT2D eigenvalue weighted by Crippen LogP contribution is -2.32. The maximum absolute atomic E-state index is 13.3. The summed E-state index contributed by atoms with van der Waals surface area (Å²) in [6, 6.07) is 18.5. The lowest BCUT2D eigenvalue weighted by molar-refractivity contribution is -0.137. The number of nitrogens with zero attached hydrogens (tertiary/aromatic N) is 2. The van der Waals surface area contributed by atoms with Crippen LogP contribution in [-0.2, 0) is 16.1 Å². The molecule has 2 amide bonds. The first-order valence-electron chi connectivity index (χ1n) is 10.1. The van der Waals surface area contributed by atoms with Crippen LogP contribution in [0.2, 0.25) is 0 Å². The number of imide groups is 1. The fourth-order valence-electron chi connectivity index (χ4n) is 3.47. The van der Waals surface area contributed by atoms with Crippen LogP contribution < -0.4 is 10.1 Å². The zero-order chi connectivity index (χ0) is 21.8. The molecule has 0 saturated carbocycles. The van der Waals surface area contributed by atoms with E-state index in [0.717, 1.165) is 11.1 Å². The van der Waals surface area contributed by atoms with E-state index < -0.39 is 0 Å². The minimum atomic E-state index is -0.369. The van der Waals surface area contributed by atoms with Gasteiger partial charge in [0.2, 0.25) is 0 Å². The number of carbonyl (C=O) groups excluding carboxylic acids is 2. The Bertz CT molecular complexity index is 1140. The third-order valence-corrected chi connectivity index (χ3v) is 4.99. The SMILES string of the molecule is CCOc1cccc(NC2=C(c3ccc(C)cc3)C(=O)N(Cc3cccnc3)C2=O)c1. The molecule has 31 heavy (non-hydrogen) atoms. The third kappa shape index (κ3) is 4.33. The number of amides is 2. The van der Waals surface area contributed by atoms with Crippen LogP contribution in [0.1, 0.15) is 23.6 Å². The number of ether oxygens (including phenoxy) is 1. The van der Waals surface area contributed by atoms with Crippen LogP contribution in [0.25, 0.3) is 5.57 Å². The average molecular weight is 413 g/mol. The van der Waals surface area contributed by atoms with E-state index in [2.05, 4.69) is 10.3 Å². The highest BCUT2D eigenvalue weighted by molar-refractivity contribution is 6.36. The molecule has 3 aromatic rings. The van der Waals surface area contributed by atoms with Crippen LogP contribution >= 0.6 is 0 Å². The van der Waals surface area contributed by atoms with Crippen LogP contribution in [0.4, 0.5) is 5.69 Å². The molecule has 2 heterocycles. The van der Waals surface area contributed by atoms with Crippen molar-refractivity contribution in [1.29, 1.82) is 0 Å². The number of hydrogen-bond donors (Lipinski definition) is 1. The fraction of sp³-hybridized carbons (Fsp3) is 0.160. The van der Waals surface area contributed by atoms with Crippen molar-refractivity contribution in [3.8, 4) is 5.75 Å². The van der Waals surface area contributed by atoms with Gasteiger partial charge in [-0.2, -0.15) is 0 Å². The van der Waals surface area contributed by atoms with E-state index in [1.54, 1.807) is 18.5 Å². The minimum Gasteiger partial charge on any atom is -0.494 e. The summed E-state index contributed by atoms with van der Waals surface area (Å²) in [5, 5.41) is 3.17. The summed E-state index contributed by atoms with van der Waals surface area (Å²) >= 11 is 0. The van der Waals surface area contributed by atoms with Crippen molar-refractivity contribution in [3.05, 3.63) is 95.4 Å². The number of rotatable bonds is 7. The number of hydrogen-bond acceptors (Lipinski definition) is 5. The highest BCUT2D eigenvalue weighted by Crippen LogP contribution is 2.32. The van der Waals surface area contributed by atoms with Gasteiger partial charge in [0, 0.05) is 24.1 Å². The molecule has 2 aromatic carbocycles. The number of anilines is 1. The van der Waals surface area contributed by atoms with Gasteiger partial charge in [-0.15, -0.1) is 0 Å². The molecule has 0 bridgehead atoms. The summed E-state index contributed by atoms with van der Waals surface area (Å²) in [6.07, 6.45) is 3.31. The molecule has 1 aliphatic rings. The molecule has 0 aliphatic carbocycles. The normalized spacial score (nSPS) is 13.7. The fourth-order valence-corrected chi connectivity index (χ4v) is 3.47. The van der Waals surface area contributed by atoms with E-state index in [4.69, 9.17) is 4.74 Å². The van der Waals surface area contributed by atoms with Gasteiger partial charge in [0.05, 0.1) is 18.7 Å². The second kappa shape index (κ2) is 8.83. The Hall–Kier alpha value is -3.93. The Balaban J connectivity index is 1.72. The molecule has 156 valence electrons. The summed E-state index contributed by atoms with van der Waals surface area (Å²) in [5.74, 6) is -0.0126.